The Balaban J connectivity index is 1.64. The van der Waals surface area contributed by atoms with Gasteiger partial charge in [-0.2, -0.15) is 0 Å². The Labute approximate surface area is 193 Å². The van der Waals surface area contributed by atoms with Crippen molar-refractivity contribution in [2.24, 2.45) is 0 Å². The highest BCUT2D eigenvalue weighted by molar-refractivity contribution is 7.91. The van der Waals surface area contributed by atoms with Crippen molar-refractivity contribution in [3.05, 3.63) is 59.6 Å². The maximum atomic E-state index is 16.1. The number of halogens is 3. The van der Waals surface area contributed by atoms with Crippen molar-refractivity contribution in [3.63, 3.8) is 0 Å². The molecule has 1 fully saturated rings. The van der Waals surface area contributed by atoms with E-state index in [4.69, 9.17) is 0 Å². The molecule has 0 radical (unpaired) electrons. The third kappa shape index (κ3) is 2.79. The summed E-state index contributed by atoms with van der Waals surface area (Å²) in [5, 5.41) is 11.0. The summed E-state index contributed by atoms with van der Waals surface area (Å²) in [4.78, 5) is 0. The van der Waals surface area contributed by atoms with Gasteiger partial charge in [0.2, 0.25) is 10.0 Å². The molecule has 0 saturated heterocycles. The van der Waals surface area contributed by atoms with Crippen LogP contribution in [-0.2, 0) is 15.6 Å². The maximum Gasteiger partial charge on any atom is 0.241 e. The Morgan fingerprint density at radius 3 is 2.56 bits per heavy atom. The monoisotopic (exact) mass is 487 g/mol. The molecule has 3 heterocycles. The van der Waals surface area contributed by atoms with Gasteiger partial charge in [-0.3, -0.25) is 4.57 Å². The molecule has 34 heavy (non-hydrogen) atoms. The smallest absolute Gasteiger partial charge is 0.241 e. The zero-order valence-corrected chi connectivity index (χ0v) is 19.3. The van der Waals surface area contributed by atoms with Crippen LogP contribution in [0, 0.1) is 24.4 Å². The fourth-order valence-corrected chi connectivity index (χ4v) is 6.44. The van der Waals surface area contributed by atoms with Crippen molar-refractivity contribution >= 4 is 26.6 Å². The fourth-order valence-electron chi connectivity index (χ4n) is 4.74. The molecular weight excluding hydrogens is 467 g/mol. The van der Waals surface area contributed by atoms with E-state index in [1.807, 2.05) is 13.8 Å². The van der Waals surface area contributed by atoms with Crippen LogP contribution in [0.2, 0.25) is 0 Å². The van der Waals surface area contributed by atoms with Crippen LogP contribution in [0.1, 0.15) is 38.3 Å². The van der Waals surface area contributed by atoms with Crippen LogP contribution < -0.4 is 5.32 Å². The summed E-state index contributed by atoms with van der Waals surface area (Å²) in [5.74, 6) is -1.77. The van der Waals surface area contributed by atoms with Gasteiger partial charge in [-0.25, -0.2) is 25.6 Å². The molecule has 7 nitrogen and oxygen atoms in total. The minimum Gasteiger partial charge on any atom is -0.371 e. The van der Waals surface area contributed by atoms with Gasteiger partial charge in [0, 0.05) is 17.6 Å². The van der Waals surface area contributed by atoms with E-state index in [1.165, 1.54) is 16.8 Å². The number of benzene rings is 2. The molecule has 6 rings (SSSR count). The molecule has 11 heteroatoms. The van der Waals surface area contributed by atoms with Crippen molar-refractivity contribution in [2.45, 2.75) is 44.4 Å². The highest BCUT2D eigenvalue weighted by Crippen LogP contribution is 2.44. The lowest BCUT2D eigenvalue weighted by molar-refractivity contribution is 0.517. The number of fused-ring (bicyclic) bond motifs is 4. The van der Waals surface area contributed by atoms with Crippen LogP contribution in [0.15, 0.2) is 30.5 Å². The highest BCUT2D eigenvalue weighted by Gasteiger charge is 2.39. The second-order valence-electron chi connectivity index (χ2n) is 9.34. The number of hydrogen-bond donors (Lipinski definition) is 1. The average molecular weight is 488 g/mol. The first-order valence-corrected chi connectivity index (χ1v) is 12.3. The molecule has 2 aliphatic rings. The lowest BCUT2D eigenvalue weighted by atomic mass is 9.95. The summed E-state index contributed by atoms with van der Waals surface area (Å²) in [6, 6.07) is 4.69. The van der Waals surface area contributed by atoms with Crippen LogP contribution in [-0.4, -0.2) is 32.4 Å². The van der Waals surface area contributed by atoms with Gasteiger partial charge in [0.25, 0.3) is 0 Å². The maximum absolute atomic E-state index is 16.1. The number of rotatable bonds is 3. The quantitative estimate of drug-likeness (QED) is 0.456. The molecule has 1 aliphatic carbocycles. The Hall–Kier alpha value is -3.34. The largest absolute Gasteiger partial charge is 0.371 e. The normalized spacial score (nSPS) is 16.9. The van der Waals surface area contributed by atoms with E-state index >= 15 is 8.78 Å². The summed E-state index contributed by atoms with van der Waals surface area (Å²) in [5.41, 5.74) is -0.995. The minimum atomic E-state index is -3.72. The molecule has 1 aliphatic heterocycles. The van der Waals surface area contributed by atoms with Crippen LogP contribution in [0.4, 0.5) is 18.9 Å². The van der Waals surface area contributed by atoms with E-state index in [9.17, 15) is 12.8 Å². The number of nitrogens with zero attached hydrogens (tertiary/aromatic N) is 4. The average Bonchev–Trinajstić information content (AvgIpc) is 3.41. The second-order valence-corrected chi connectivity index (χ2v) is 11.4. The molecule has 1 saturated carbocycles. The van der Waals surface area contributed by atoms with E-state index in [2.05, 4.69) is 15.5 Å². The number of hydrogen-bond acceptors (Lipinski definition) is 5. The first kappa shape index (κ1) is 21.2. The summed E-state index contributed by atoms with van der Waals surface area (Å²) in [6.45, 7) is 5.30. The predicted molar refractivity (Wildman–Crippen MR) is 121 cm³/mol. The Kier molecular flexibility index (Phi) is 4.13. The molecule has 0 spiro atoms. The molecule has 2 aromatic heterocycles. The molecule has 176 valence electrons. The molecular formula is C23H20F3N5O2S. The molecule has 0 amide bonds. The third-order valence-corrected chi connectivity index (χ3v) is 8.65. The van der Waals surface area contributed by atoms with Crippen molar-refractivity contribution in [2.75, 3.05) is 5.32 Å². The van der Waals surface area contributed by atoms with Crippen LogP contribution in [0.25, 0.3) is 27.7 Å². The molecule has 2 aromatic carbocycles. The van der Waals surface area contributed by atoms with Gasteiger partial charge in [0.15, 0.2) is 11.6 Å². The van der Waals surface area contributed by atoms with Gasteiger partial charge in [0.1, 0.15) is 23.1 Å². The first-order chi connectivity index (χ1) is 16.0. The molecule has 0 bridgehead atoms. The molecule has 1 N–H and O–H groups in total. The Morgan fingerprint density at radius 1 is 1.12 bits per heavy atom. The van der Waals surface area contributed by atoms with E-state index < -0.39 is 43.8 Å². The van der Waals surface area contributed by atoms with E-state index in [1.54, 1.807) is 6.92 Å². The predicted octanol–water partition coefficient (Wildman–Crippen LogP) is 4.62. The number of aryl methyl sites for hydroxylation is 1. The summed E-state index contributed by atoms with van der Waals surface area (Å²) >= 11 is 0. The summed E-state index contributed by atoms with van der Waals surface area (Å²) < 4.78 is 74.5. The standard InChI is InChI=1S/C23H20F3N5O2S/c1-11-28-29-22-23(2,3)27-17-10-16(25)19(20(26)21(17)31(11)22)15-8-12(24)9-18-14(15)6-7-30(18)34(32,33)13-4-5-13/h6-10,13,27H,4-5H2,1-3H3. The fraction of sp³-hybridized carbons (Fsp3) is 0.304. The molecule has 0 unspecified atom stereocenters. The van der Waals surface area contributed by atoms with Gasteiger partial charge in [-0.15, -0.1) is 10.2 Å². The lowest BCUT2D eigenvalue weighted by Gasteiger charge is -2.34. The topological polar surface area (TPSA) is 81.8 Å². The zero-order valence-electron chi connectivity index (χ0n) is 18.5. The number of aromatic nitrogens is 4. The van der Waals surface area contributed by atoms with Crippen LogP contribution >= 0.6 is 0 Å². The van der Waals surface area contributed by atoms with E-state index in [-0.39, 0.29) is 27.8 Å². The van der Waals surface area contributed by atoms with Crippen molar-refractivity contribution in [1.29, 1.82) is 0 Å². The molecule has 0 atom stereocenters. The Morgan fingerprint density at radius 2 is 1.85 bits per heavy atom. The molecule has 4 aromatic rings. The number of anilines is 1. The highest BCUT2D eigenvalue weighted by atomic mass is 32.2. The van der Waals surface area contributed by atoms with Gasteiger partial charge < -0.3 is 5.32 Å². The zero-order chi connectivity index (χ0) is 24.2. The van der Waals surface area contributed by atoms with Gasteiger partial charge in [-0.05, 0) is 57.4 Å². The van der Waals surface area contributed by atoms with Crippen LogP contribution in [0.3, 0.4) is 0 Å². The second kappa shape index (κ2) is 6.62. The lowest BCUT2D eigenvalue weighted by Crippen LogP contribution is -2.36. The third-order valence-electron chi connectivity index (χ3n) is 6.47. The van der Waals surface area contributed by atoms with Crippen molar-refractivity contribution in [1.82, 2.24) is 18.7 Å². The summed E-state index contributed by atoms with van der Waals surface area (Å²) in [6.07, 6.45) is 2.37. The van der Waals surface area contributed by atoms with Gasteiger partial charge in [-0.1, -0.05) is 0 Å². The van der Waals surface area contributed by atoms with E-state index in [0.29, 0.717) is 24.5 Å². The summed E-state index contributed by atoms with van der Waals surface area (Å²) in [7, 11) is -3.72. The van der Waals surface area contributed by atoms with Gasteiger partial charge in [0.05, 0.1) is 27.6 Å². The van der Waals surface area contributed by atoms with Gasteiger partial charge >= 0.3 is 0 Å². The first-order valence-electron chi connectivity index (χ1n) is 10.8. The van der Waals surface area contributed by atoms with Crippen molar-refractivity contribution in [3.8, 4) is 16.8 Å². The van der Waals surface area contributed by atoms with Crippen molar-refractivity contribution < 1.29 is 21.6 Å². The van der Waals surface area contributed by atoms with Crippen LogP contribution in [0.5, 0.6) is 0 Å². The SMILES string of the molecule is Cc1nnc2n1-c1c(cc(F)c(-c3cc(F)cc4c3ccn4S(=O)(=O)C3CC3)c1F)NC2(C)C. The Bertz CT molecular complexity index is 1630. The number of nitrogens with one attached hydrogen (secondary N) is 1. The van der Waals surface area contributed by atoms with E-state index in [0.717, 1.165) is 22.2 Å². The minimum absolute atomic E-state index is 0.0238.